The smallest absolute Gasteiger partial charge is 0.308 e. The number of hydrogen-bond donors (Lipinski definition) is 1. The Morgan fingerprint density at radius 2 is 2.40 bits per heavy atom. The summed E-state index contributed by atoms with van der Waals surface area (Å²) in [6, 6.07) is 0. The molecule has 0 amide bonds. The maximum absolute atomic E-state index is 10.7. The quantitative estimate of drug-likeness (QED) is 0.594. The van der Waals surface area contributed by atoms with E-state index in [9.17, 15) is 4.79 Å². The summed E-state index contributed by atoms with van der Waals surface area (Å²) < 4.78 is 4.51. The van der Waals surface area contributed by atoms with Crippen molar-refractivity contribution in [2.45, 2.75) is 6.42 Å². The molecule has 1 saturated carbocycles. The minimum absolute atomic E-state index is 0. The molecule has 10 heavy (non-hydrogen) atoms. The fourth-order valence-corrected chi connectivity index (χ4v) is 0.948. The summed E-state index contributed by atoms with van der Waals surface area (Å²) in [5.41, 5.74) is 5.31. The van der Waals surface area contributed by atoms with Crippen LogP contribution in [-0.4, -0.2) is 19.6 Å². The zero-order valence-corrected chi connectivity index (χ0v) is 6.69. The lowest BCUT2D eigenvalue weighted by Crippen LogP contribution is -2.09. The minimum Gasteiger partial charge on any atom is -0.469 e. The lowest BCUT2D eigenvalue weighted by Gasteiger charge is -1.93. The Bertz CT molecular complexity index is 129. The van der Waals surface area contributed by atoms with Gasteiger partial charge in [-0.3, -0.25) is 4.79 Å². The van der Waals surface area contributed by atoms with E-state index in [2.05, 4.69) is 4.74 Å². The molecule has 4 heteroatoms. The van der Waals surface area contributed by atoms with Crippen molar-refractivity contribution < 1.29 is 9.53 Å². The molecule has 0 heterocycles. The SMILES string of the molecule is COC(=O)[C@@H]1C[C@H]1CN.Cl. The summed E-state index contributed by atoms with van der Waals surface area (Å²) in [6.45, 7) is 0.611. The Kier molecular flexibility index (Phi) is 3.68. The first-order chi connectivity index (χ1) is 4.29. The monoisotopic (exact) mass is 165 g/mol. The van der Waals surface area contributed by atoms with Crippen LogP contribution in [0.1, 0.15) is 6.42 Å². The normalized spacial score (nSPS) is 28.6. The number of nitrogens with two attached hydrogens (primary N) is 1. The average molecular weight is 166 g/mol. The summed E-state index contributed by atoms with van der Waals surface area (Å²) in [6.07, 6.45) is 0.920. The first-order valence-electron chi connectivity index (χ1n) is 3.07. The van der Waals surface area contributed by atoms with E-state index in [4.69, 9.17) is 5.73 Å². The molecular formula is C6H12ClNO2. The standard InChI is InChI=1S/C6H11NO2.ClH/c1-9-6(8)5-2-4(5)3-7;/h4-5H,2-3,7H2,1H3;1H/t4-,5+;/m0./s1. The van der Waals surface area contributed by atoms with E-state index in [1.807, 2.05) is 0 Å². The highest BCUT2D eigenvalue weighted by atomic mass is 35.5. The van der Waals surface area contributed by atoms with Crippen LogP contribution < -0.4 is 5.73 Å². The third-order valence-corrected chi connectivity index (χ3v) is 1.73. The molecule has 2 N–H and O–H groups in total. The van der Waals surface area contributed by atoms with E-state index in [0.717, 1.165) is 6.42 Å². The summed E-state index contributed by atoms with van der Waals surface area (Å²) >= 11 is 0. The van der Waals surface area contributed by atoms with E-state index in [0.29, 0.717) is 12.5 Å². The van der Waals surface area contributed by atoms with Crippen molar-refractivity contribution in [1.82, 2.24) is 0 Å². The van der Waals surface area contributed by atoms with Gasteiger partial charge < -0.3 is 10.5 Å². The predicted molar refractivity (Wildman–Crippen MR) is 39.9 cm³/mol. The Morgan fingerprint density at radius 1 is 1.80 bits per heavy atom. The van der Waals surface area contributed by atoms with Crippen LogP contribution in [0.15, 0.2) is 0 Å². The molecule has 2 atom stereocenters. The minimum atomic E-state index is -0.106. The van der Waals surface area contributed by atoms with Crippen LogP contribution in [0.2, 0.25) is 0 Å². The maximum atomic E-state index is 10.7. The van der Waals surface area contributed by atoms with Gasteiger partial charge in [0, 0.05) is 0 Å². The molecule has 3 nitrogen and oxygen atoms in total. The molecule has 60 valence electrons. The largest absolute Gasteiger partial charge is 0.469 e. The van der Waals surface area contributed by atoms with Gasteiger partial charge in [-0.2, -0.15) is 0 Å². The fraction of sp³-hybridized carbons (Fsp3) is 0.833. The maximum Gasteiger partial charge on any atom is 0.308 e. The number of ether oxygens (including phenoxy) is 1. The Labute approximate surface area is 66.3 Å². The van der Waals surface area contributed by atoms with Crippen molar-refractivity contribution in [3.63, 3.8) is 0 Å². The molecule has 1 rings (SSSR count). The van der Waals surface area contributed by atoms with Crippen LogP contribution in [0.5, 0.6) is 0 Å². The van der Waals surface area contributed by atoms with Crippen molar-refractivity contribution in [2.75, 3.05) is 13.7 Å². The van der Waals surface area contributed by atoms with Crippen LogP contribution in [0, 0.1) is 11.8 Å². The molecule has 1 aliphatic rings. The van der Waals surface area contributed by atoms with E-state index in [1.165, 1.54) is 7.11 Å². The molecule has 0 aliphatic heterocycles. The molecule has 0 aromatic carbocycles. The van der Waals surface area contributed by atoms with Crippen LogP contribution in [0.25, 0.3) is 0 Å². The van der Waals surface area contributed by atoms with E-state index >= 15 is 0 Å². The summed E-state index contributed by atoms with van der Waals surface area (Å²) in [7, 11) is 1.41. The molecule has 0 radical (unpaired) electrons. The number of carbonyl (C=O) groups excluding carboxylic acids is 1. The summed E-state index contributed by atoms with van der Waals surface area (Å²) in [5.74, 6) is 0.405. The van der Waals surface area contributed by atoms with Gasteiger partial charge in [-0.25, -0.2) is 0 Å². The number of esters is 1. The third kappa shape index (κ3) is 1.85. The number of halogens is 1. The topological polar surface area (TPSA) is 52.3 Å². The van der Waals surface area contributed by atoms with Gasteiger partial charge >= 0.3 is 5.97 Å². The van der Waals surface area contributed by atoms with Gasteiger partial charge in [-0.15, -0.1) is 12.4 Å². The highest BCUT2D eigenvalue weighted by Gasteiger charge is 2.42. The van der Waals surface area contributed by atoms with E-state index in [-0.39, 0.29) is 24.3 Å². The van der Waals surface area contributed by atoms with Crippen LogP contribution in [0.3, 0.4) is 0 Å². The fourth-order valence-electron chi connectivity index (χ4n) is 0.948. The van der Waals surface area contributed by atoms with Gasteiger partial charge in [0.05, 0.1) is 13.0 Å². The predicted octanol–water partition coefficient (Wildman–Crippen LogP) is 0.176. The summed E-state index contributed by atoms with van der Waals surface area (Å²) in [5, 5.41) is 0. The Balaban J connectivity index is 0.000000810. The molecule has 0 saturated heterocycles. The Morgan fingerprint density at radius 3 is 2.70 bits per heavy atom. The number of carbonyl (C=O) groups is 1. The zero-order chi connectivity index (χ0) is 6.85. The number of hydrogen-bond acceptors (Lipinski definition) is 3. The van der Waals surface area contributed by atoms with Gasteiger partial charge in [0.1, 0.15) is 0 Å². The van der Waals surface area contributed by atoms with Crippen LogP contribution in [0.4, 0.5) is 0 Å². The lowest BCUT2D eigenvalue weighted by atomic mass is 10.3. The van der Waals surface area contributed by atoms with E-state index in [1.54, 1.807) is 0 Å². The Hall–Kier alpha value is -0.280. The van der Waals surface area contributed by atoms with Gasteiger partial charge in [0.25, 0.3) is 0 Å². The first-order valence-corrected chi connectivity index (χ1v) is 3.07. The van der Waals surface area contributed by atoms with Gasteiger partial charge in [-0.05, 0) is 18.9 Å². The van der Waals surface area contributed by atoms with Gasteiger partial charge in [-0.1, -0.05) is 0 Å². The number of rotatable bonds is 2. The van der Waals surface area contributed by atoms with Crippen LogP contribution >= 0.6 is 12.4 Å². The average Bonchev–Trinajstić information content (AvgIpc) is 2.64. The first kappa shape index (κ1) is 9.72. The van der Waals surface area contributed by atoms with Gasteiger partial charge in [0.15, 0.2) is 0 Å². The second kappa shape index (κ2) is 3.78. The van der Waals surface area contributed by atoms with Crippen LogP contribution in [-0.2, 0) is 9.53 Å². The lowest BCUT2D eigenvalue weighted by molar-refractivity contribution is -0.142. The molecule has 0 unspecified atom stereocenters. The highest BCUT2D eigenvalue weighted by Crippen LogP contribution is 2.37. The highest BCUT2D eigenvalue weighted by molar-refractivity contribution is 5.85. The molecule has 1 aliphatic carbocycles. The molecule has 1 fully saturated rings. The third-order valence-electron chi connectivity index (χ3n) is 1.73. The molecule has 0 spiro atoms. The van der Waals surface area contributed by atoms with Crippen molar-refractivity contribution in [3.8, 4) is 0 Å². The van der Waals surface area contributed by atoms with Crippen molar-refractivity contribution in [3.05, 3.63) is 0 Å². The second-order valence-corrected chi connectivity index (χ2v) is 2.36. The molecule has 0 aromatic heterocycles. The molecule has 0 aromatic rings. The summed E-state index contributed by atoms with van der Waals surface area (Å²) in [4.78, 5) is 10.7. The van der Waals surface area contributed by atoms with Gasteiger partial charge in [0.2, 0.25) is 0 Å². The second-order valence-electron chi connectivity index (χ2n) is 2.36. The van der Waals surface area contributed by atoms with E-state index < -0.39 is 0 Å². The van der Waals surface area contributed by atoms with Crippen molar-refractivity contribution in [2.24, 2.45) is 17.6 Å². The zero-order valence-electron chi connectivity index (χ0n) is 5.87. The molecular weight excluding hydrogens is 154 g/mol. The van der Waals surface area contributed by atoms with Crippen molar-refractivity contribution in [1.29, 1.82) is 0 Å². The number of methoxy groups -OCH3 is 1. The molecule has 0 bridgehead atoms. The van der Waals surface area contributed by atoms with Crippen molar-refractivity contribution >= 4 is 18.4 Å².